The summed E-state index contributed by atoms with van der Waals surface area (Å²) in [4.78, 5) is 27.9. The molecular formula is C16H25N5O2S2. The van der Waals surface area contributed by atoms with E-state index in [1.54, 1.807) is 7.05 Å². The molecule has 2 heterocycles. The van der Waals surface area contributed by atoms with Gasteiger partial charge in [0.2, 0.25) is 16.9 Å². The SMILES string of the molecule is CNC(=O)CSc1nnc(N2CCN(C(=O)CC3CCCC3)CC2)s1. The molecule has 1 saturated heterocycles. The predicted molar refractivity (Wildman–Crippen MR) is 100 cm³/mol. The van der Waals surface area contributed by atoms with Crippen LogP contribution in [0.4, 0.5) is 5.13 Å². The Morgan fingerprint density at radius 1 is 1.20 bits per heavy atom. The Morgan fingerprint density at radius 3 is 2.60 bits per heavy atom. The largest absolute Gasteiger partial charge is 0.358 e. The van der Waals surface area contributed by atoms with Crippen LogP contribution in [0, 0.1) is 5.92 Å². The Bertz CT molecular complexity index is 595. The third-order valence-electron chi connectivity index (χ3n) is 4.84. The number of thioether (sulfide) groups is 1. The van der Waals surface area contributed by atoms with Crippen LogP contribution in [0.2, 0.25) is 0 Å². The molecule has 1 saturated carbocycles. The van der Waals surface area contributed by atoms with E-state index in [9.17, 15) is 9.59 Å². The number of carbonyl (C=O) groups is 2. The van der Waals surface area contributed by atoms with E-state index in [0.29, 0.717) is 17.6 Å². The van der Waals surface area contributed by atoms with Crippen LogP contribution in [0.3, 0.4) is 0 Å². The minimum atomic E-state index is -0.0175. The number of rotatable bonds is 6. The summed E-state index contributed by atoms with van der Waals surface area (Å²) < 4.78 is 0.804. The molecular weight excluding hydrogens is 358 g/mol. The van der Waals surface area contributed by atoms with Crippen LogP contribution in [0.25, 0.3) is 0 Å². The third-order valence-corrected chi connectivity index (χ3v) is 6.96. The Hall–Kier alpha value is -1.35. The second-order valence-corrected chi connectivity index (χ2v) is 8.71. The van der Waals surface area contributed by atoms with Gasteiger partial charge in [0.05, 0.1) is 5.75 Å². The lowest BCUT2D eigenvalue weighted by atomic mass is 10.0. The average Bonchev–Trinajstić information content (AvgIpc) is 3.31. The lowest BCUT2D eigenvalue weighted by Crippen LogP contribution is -2.49. The molecule has 0 aromatic carbocycles. The van der Waals surface area contributed by atoms with Crippen LogP contribution >= 0.6 is 23.1 Å². The van der Waals surface area contributed by atoms with Gasteiger partial charge >= 0.3 is 0 Å². The van der Waals surface area contributed by atoms with Crippen molar-refractivity contribution in [1.29, 1.82) is 0 Å². The first kappa shape index (κ1) is 18.4. The number of hydrogen-bond donors (Lipinski definition) is 1. The van der Waals surface area contributed by atoms with Gasteiger partial charge in [-0.15, -0.1) is 10.2 Å². The van der Waals surface area contributed by atoms with Crippen LogP contribution in [0.15, 0.2) is 4.34 Å². The normalized spacial score (nSPS) is 18.6. The van der Waals surface area contributed by atoms with Crippen molar-refractivity contribution in [2.45, 2.75) is 36.4 Å². The molecule has 0 unspecified atom stereocenters. The van der Waals surface area contributed by atoms with Crippen molar-refractivity contribution in [3.8, 4) is 0 Å². The molecule has 9 heteroatoms. The van der Waals surface area contributed by atoms with Gasteiger partial charge in [0.15, 0.2) is 4.34 Å². The number of piperazine rings is 1. The first-order chi connectivity index (χ1) is 12.2. The Balaban J connectivity index is 1.44. The van der Waals surface area contributed by atoms with Gasteiger partial charge < -0.3 is 15.1 Å². The fraction of sp³-hybridized carbons (Fsp3) is 0.750. The summed E-state index contributed by atoms with van der Waals surface area (Å²) in [6.45, 7) is 3.11. The lowest BCUT2D eigenvalue weighted by Gasteiger charge is -2.34. The molecule has 0 spiro atoms. The maximum absolute atomic E-state index is 12.4. The molecule has 2 aliphatic rings. The van der Waals surface area contributed by atoms with Gasteiger partial charge in [0, 0.05) is 39.6 Å². The number of hydrogen-bond acceptors (Lipinski definition) is 7. The number of amides is 2. The summed E-state index contributed by atoms with van der Waals surface area (Å²) >= 11 is 2.91. The van der Waals surface area contributed by atoms with Gasteiger partial charge in [-0.1, -0.05) is 35.9 Å². The highest BCUT2D eigenvalue weighted by Gasteiger charge is 2.26. The van der Waals surface area contributed by atoms with Crippen molar-refractivity contribution < 1.29 is 9.59 Å². The Labute approximate surface area is 156 Å². The van der Waals surface area contributed by atoms with Gasteiger partial charge in [0.25, 0.3) is 0 Å². The topological polar surface area (TPSA) is 78.4 Å². The van der Waals surface area contributed by atoms with E-state index in [1.165, 1.54) is 48.8 Å². The number of nitrogens with one attached hydrogen (secondary N) is 1. The minimum Gasteiger partial charge on any atom is -0.358 e. The second kappa shape index (κ2) is 8.84. The van der Waals surface area contributed by atoms with E-state index < -0.39 is 0 Å². The van der Waals surface area contributed by atoms with E-state index >= 15 is 0 Å². The van der Waals surface area contributed by atoms with Crippen LogP contribution in [-0.4, -0.2) is 65.9 Å². The number of aromatic nitrogens is 2. The molecule has 1 aromatic heterocycles. The molecule has 1 aromatic rings. The summed E-state index contributed by atoms with van der Waals surface area (Å²) in [6, 6.07) is 0. The van der Waals surface area contributed by atoms with Gasteiger partial charge in [-0.2, -0.15) is 0 Å². The Morgan fingerprint density at radius 2 is 1.92 bits per heavy atom. The van der Waals surface area contributed by atoms with Crippen molar-refractivity contribution in [2.24, 2.45) is 5.92 Å². The molecule has 2 fully saturated rings. The highest BCUT2D eigenvalue weighted by atomic mass is 32.2. The second-order valence-electron chi connectivity index (χ2n) is 6.53. The molecule has 1 N–H and O–H groups in total. The number of nitrogens with zero attached hydrogens (tertiary/aromatic N) is 4. The molecule has 138 valence electrons. The maximum atomic E-state index is 12.4. The summed E-state index contributed by atoms with van der Waals surface area (Å²) in [5.41, 5.74) is 0. The lowest BCUT2D eigenvalue weighted by molar-refractivity contribution is -0.132. The molecule has 2 amide bonds. The summed E-state index contributed by atoms with van der Waals surface area (Å²) in [5, 5.41) is 11.9. The van der Waals surface area contributed by atoms with Gasteiger partial charge in [-0.3, -0.25) is 9.59 Å². The third kappa shape index (κ3) is 5.07. The number of anilines is 1. The highest BCUT2D eigenvalue weighted by molar-refractivity contribution is 8.01. The Kier molecular flexibility index (Phi) is 6.52. The van der Waals surface area contributed by atoms with E-state index in [2.05, 4.69) is 20.4 Å². The van der Waals surface area contributed by atoms with Gasteiger partial charge in [-0.05, 0) is 18.8 Å². The van der Waals surface area contributed by atoms with E-state index in [1.807, 2.05) is 4.90 Å². The molecule has 7 nitrogen and oxygen atoms in total. The van der Waals surface area contributed by atoms with Gasteiger partial charge in [0.1, 0.15) is 0 Å². The summed E-state index contributed by atoms with van der Waals surface area (Å²) in [6.07, 6.45) is 5.71. The molecule has 0 bridgehead atoms. The fourth-order valence-corrected chi connectivity index (χ4v) is 5.09. The summed E-state index contributed by atoms with van der Waals surface area (Å²) in [7, 11) is 1.63. The zero-order valence-electron chi connectivity index (χ0n) is 14.6. The van der Waals surface area contributed by atoms with Crippen LogP contribution < -0.4 is 10.2 Å². The van der Waals surface area contributed by atoms with Crippen LogP contribution in [0.5, 0.6) is 0 Å². The van der Waals surface area contributed by atoms with E-state index in [0.717, 1.165) is 42.1 Å². The monoisotopic (exact) mass is 383 g/mol. The van der Waals surface area contributed by atoms with Crippen molar-refractivity contribution in [3.05, 3.63) is 0 Å². The standard InChI is InChI=1S/C16H25N5O2S2/c1-17-13(22)11-24-16-19-18-15(25-16)21-8-6-20(7-9-21)14(23)10-12-4-2-3-5-12/h12H,2-11H2,1H3,(H,17,22). The average molecular weight is 384 g/mol. The van der Waals surface area contributed by atoms with E-state index in [-0.39, 0.29) is 5.91 Å². The minimum absolute atomic E-state index is 0.0175. The summed E-state index contributed by atoms with van der Waals surface area (Å²) in [5.74, 6) is 1.25. The maximum Gasteiger partial charge on any atom is 0.230 e. The first-order valence-corrected chi connectivity index (χ1v) is 10.7. The van der Waals surface area contributed by atoms with Crippen LogP contribution in [0.1, 0.15) is 32.1 Å². The highest BCUT2D eigenvalue weighted by Crippen LogP contribution is 2.30. The quantitative estimate of drug-likeness (QED) is 0.752. The molecule has 1 aliphatic heterocycles. The van der Waals surface area contributed by atoms with Crippen molar-refractivity contribution >= 4 is 40.0 Å². The van der Waals surface area contributed by atoms with Crippen molar-refractivity contribution in [1.82, 2.24) is 20.4 Å². The predicted octanol–water partition coefficient (Wildman–Crippen LogP) is 1.61. The molecule has 1 aliphatic carbocycles. The zero-order valence-corrected chi connectivity index (χ0v) is 16.2. The first-order valence-electron chi connectivity index (χ1n) is 8.85. The fourth-order valence-electron chi connectivity index (χ4n) is 3.33. The molecule has 0 radical (unpaired) electrons. The molecule has 0 atom stereocenters. The zero-order chi connectivity index (χ0) is 17.6. The van der Waals surface area contributed by atoms with Crippen molar-refractivity contribution in [3.63, 3.8) is 0 Å². The van der Waals surface area contributed by atoms with Crippen molar-refractivity contribution in [2.75, 3.05) is 43.9 Å². The molecule has 25 heavy (non-hydrogen) atoms. The van der Waals surface area contributed by atoms with Crippen LogP contribution in [-0.2, 0) is 9.59 Å². The van der Waals surface area contributed by atoms with Gasteiger partial charge in [-0.25, -0.2) is 0 Å². The number of carbonyl (C=O) groups excluding carboxylic acids is 2. The van der Waals surface area contributed by atoms with E-state index in [4.69, 9.17) is 0 Å². The molecule has 3 rings (SSSR count). The smallest absolute Gasteiger partial charge is 0.230 e.